The van der Waals surface area contributed by atoms with Crippen molar-refractivity contribution in [1.82, 2.24) is 10.2 Å². The number of rotatable bonds is 4. The minimum absolute atomic E-state index is 0.193. The van der Waals surface area contributed by atoms with E-state index in [-0.39, 0.29) is 5.54 Å². The molecule has 3 heteroatoms. The summed E-state index contributed by atoms with van der Waals surface area (Å²) in [5, 5.41) is 5.81. The summed E-state index contributed by atoms with van der Waals surface area (Å²) in [6, 6.07) is 2.74. The first kappa shape index (κ1) is 13.1. The Morgan fingerprint density at radius 1 is 1.35 bits per heavy atom. The maximum absolute atomic E-state index is 3.51. The lowest BCUT2D eigenvalue weighted by atomic mass is 9.88. The van der Waals surface area contributed by atoms with E-state index in [0.29, 0.717) is 6.04 Å². The molecule has 0 radical (unpaired) electrons. The lowest BCUT2D eigenvalue weighted by molar-refractivity contribution is 0.110. The standard InChI is InChI=1S/C14H24N2S/c1-11-9-12(10-17-11)13(15-4)14(2,3)16-7-5-6-8-16/h9-10,13,15H,5-8H2,1-4H3. The van der Waals surface area contributed by atoms with Crippen molar-refractivity contribution >= 4 is 11.3 Å². The van der Waals surface area contributed by atoms with Gasteiger partial charge in [-0.3, -0.25) is 4.90 Å². The highest BCUT2D eigenvalue weighted by Crippen LogP contribution is 2.34. The fourth-order valence-electron chi connectivity index (χ4n) is 3.02. The Labute approximate surface area is 109 Å². The second-order valence-electron chi connectivity index (χ2n) is 5.56. The van der Waals surface area contributed by atoms with Crippen molar-refractivity contribution in [2.24, 2.45) is 0 Å². The second-order valence-corrected chi connectivity index (χ2v) is 6.68. The van der Waals surface area contributed by atoms with Crippen LogP contribution in [-0.4, -0.2) is 30.6 Å². The van der Waals surface area contributed by atoms with E-state index in [1.54, 1.807) is 0 Å². The van der Waals surface area contributed by atoms with Crippen molar-refractivity contribution in [1.29, 1.82) is 0 Å². The average molecular weight is 252 g/mol. The molecule has 2 nitrogen and oxygen atoms in total. The molecule has 0 spiro atoms. The number of nitrogens with zero attached hydrogens (tertiary/aromatic N) is 1. The van der Waals surface area contributed by atoms with Crippen LogP contribution >= 0.6 is 11.3 Å². The Morgan fingerprint density at radius 3 is 2.47 bits per heavy atom. The molecule has 1 aromatic rings. The molecule has 1 aliphatic rings. The fourth-order valence-corrected chi connectivity index (χ4v) is 3.75. The molecule has 1 aromatic heterocycles. The molecule has 0 saturated carbocycles. The van der Waals surface area contributed by atoms with Crippen LogP contribution in [-0.2, 0) is 0 Å². The molecule has 0 aromatic carbocycles. The molecule has 0 aliphatic carbocycles. The largest absolute Gasteiger partial charge is 0.311 e. The van der Waals surface area contributed by atoms with E-state index in [4.69, 9.17) is 0 Å². The van der Waals surface area contributed by atoms with Crippen LogP contribution in [0, 0.1) is 6.92 Å². The maximum Gasteiger partial charge on any atom is 0.0507 e. The molecule has 1 unspecified atom stereocenters. The van der Waals surface area contributed by atoms with E-state index in [9.17, 15) is 0 Å². The van der Waals surface area contributed by atoms with Gasteiger partial charge in [-0.15, -0.1) is 11.3 Å². The zero-order valence-electron chi connectivity index (χ0n) is 11.4. The van der Waals surface area contributed by atoms with Crippen LogP contribution in [0.25, 0.3) is 0 Å². The van der Waals surface area contributed by atoms with Crippen LogP contribution in [0.5, 0.6) is 0 Å². The molecule has 1 atom stereocenters. The highest BCUT2D eigenvalue weighted by atomic mass is 32.1. The molecule has 2 heterocycles. The summed E-state index contributed by atoms with van der Waals surface area (Å²) in [4.78, 5) is 4.03. The Bertz CT molecular complexity index is 364. The zero-order chi connectivity index (χ0) is 12.5. The minimum atomic E-state index is 0.193. The van der Waals surface area contributed by atoms with Gasteiger partial charge in [-0.2, -0.15) is 0 Å². The van der Waals surface area contributed by atoms with Crippen molar-refractivity contribution < 1.29 is 0 Å². The van der Waals surface area contributed by atoms with Crippen molar-refractivity contribution in [3.05, 3.63) is 21.9 Å². The maximum atomic E-state index is 3.51. The van der Waals surface area contributed by atoms with E-state index in [1.807, 2.05) is 11.3 Å². The predicted molar refractivity (Wildman–Crippen MR) is 75.7 cm³/mol. The molecule has 17 heavy (non-hydrogen) atoms. The SMILES string of the molecule is CNC(c1csc(C)c1)C(C)(C)N1CCCC1. The molecular formula is C14H24N2S. The lowest BCUT2D eigenvalue weighted by Gasteiger charge is -2.42. The van der Waals surface area contributed by atoms with E-state index < -0.39 is 0 Å². The van der Waals surface area contributed by atoms with Gasteiger partial charge in [0.1, 0.15) is 0 Å². The molecule has 0 bridgehead atoms. The van der Waals surface area contributed by atoms with Gasteiger partial charge in [0.05, 0.1) is 6.04 Å². The highest BCUT2D eigenvalue weighted by molar-refractivity contribution is 7.10. The third-order valence-corrected chi connectivity index (χ3v) is 4.88. The number of thiophene rings is 1. The lowest BCUT2D eigenvalue weighted by Crippen LogP contribution is -2.50. The topological polar surface area (TPSA) is 15.3 Å². The van der Waals surface area contributed by atoms with Gasteiger partial charge < -0.3 is 5.32 Å². The molecule has 1 N–H and O–H groups in total. The normalized spacial score (nSPS) is 19.8. The van der Waals surface area contributed by atoms with Gasteiger partial charge in [0.15, 0.2) is 0 Å². The summed E-state index contributed by atoms with van der Waals surface area (Å²) in [6.07, 6.45) is 2.70. The second kappa shape index (κ2) is 5.09. The summed E-state index contributed by atoms with van der Waals surface area (Å²) in [6.45, 7) is 9.41. The van der Waals surface area contributed by atoms with Gasteiger partial charge in [0.25, 0.3) is 0 Å². The van der Waals surface area contributed by atoms with Crippen LogP contribution < -0.4 is 5.32 Å². The summed E-state index contributed by atoms with van der Waals surface area (Å²) < 4.78 is 0. The summed E-state index contributed by atoms with van der Waals surface area (Å²) in [7, 11) is 2.08. The Balaban J connectivity index is 2.21. The highest BCUT2D eigenvalue weighted by Gasteiger charge is 2.37. The van der Waals surface area contributed by atoms with E-state index >= 15 is 0 Å². The smallest absolute Gasteiger partial charge is 0.0507 e. The Kier molecular flexibility index (Phi) is 3.91. The molecule has 1 aliphatic heterocycles. The van der Waals surface area contributed by atoms with Gasteiger partial charge in [-0.25, -0.2) is 0 Å². The number of likely N-dealkylation sites (N-methyl/N-ethyl adjacent to an activating group) is 1. The zero-order valence-corrected chi connectivity index (χ0v) is 12.2. The number of aryl methyl sites for hydroxylation is 1. The molecule has 1 saturated heterocycles. The number of hydrogen-bond acceptors (Lipinski definition) is 3. The first-order valence-electron chi connectivity index (χ1n) is 6.53. The monoisotopic (exact) mass is 252 g/mol. The fraction of sp³-hybridized carbons (Fsp3) is 0.714. The van der Waals surface area contributed by atoms with Crippen LogP contribution in [0.4, 0.5) is 0 Å². The first-order valence-corrected chi connectivity index (χ1v) is 7.41. The number of nitrogens with one attached hydrogen (secondary N) is 1. The van der Waals surface area contributed by atoms with Crippen LogP contribution in [0.2, 0.25) is 0 Å². The van der Waals surface area contributed by atoms with Gasteiger partial charge in [-0.1, -0.05) is 0 Å². The van der Waals surface area contributed by atoms with Crippen molar-refractivity contribution in [2.45, 2.75) is 45.2 Å². The summed E-state index contributed by atoms with van der Waals surface area (Å²) in [5.41, 5.74) is 1.63. The van der Waals surface area contributed by atoms with E-state index in [1.165, 1.54) is 36.4 Å². The van der Waals surface area contributed by atoms with Crippen LogP contribution in [0.1, 0.15) is 43.2 Å². The van der Waals surface area contributed by atoms with Crippen LogP contribution in [0.3, 0.4) is 0 Å². The van der Waals surface area contributed by atoms with Gasteiger partial charge >= 0.3 is 0 Å². The van der Waals surface area contributed by atoms with Gasteiger partial charge in [-0.05, 0) is 70.8 Å². The predicted octanol–water partition coefficient (Wildman–Crippen LogP) is 3.19. The van der Waals surface area contributed by atoms with Crippen molar-refractivity contribution in [3.8, 4) is 0 Å². The molecule has 1 fully saturated rings. The number of likely N-dealkylation sites (tertiary alicyclic amines) is 1. The van der Waals surface area contributed by atoms with E-state index in [0.717, 1.165) is 0 Å². The quantitative estimate of drug-likeness (QED) is 0.885. The van der Waals surface area contributed by atoms with Crippen LogP contribution in [0.15, 0.2) is 11.4 Å². The van der Waals surface area contributed by atoms with Crippen molar-refractivity contribution in [2.75, 3.05) is 20.1 Å². The average Bonchev–Trinajstić information content (AvgIpc) is 2.89. The molecular weight excluding hydrogens is 228 g/mol. The summed E-state index contributed by atoms with van der Waals surface area (Å²) >= 11 is 1.85. The summed E-state index contributed by atoms with van der Waals surface area (Å²) in [5.74, 6) is 0. The van der Waals surface area contributed by atoms with Crippen molar-refractivity contribution in [3.63, 3.8) is 0 Å². The third-order valence-electron chi connectivity index (χ3n) is 4.00. The van der Waals surface area contributed by atoms with Gasteiger partial charge in [0, 0.05) is 10.4 Å². The third kappa shape index (κ3) is 2.56. The van der Waals surface area contributed by atoms with Gasteiger partial charge in [0.2, 0.25) is 0 Å². The Morgan fingerprint density at radius 2 is 2.00 bits per heavy atom. The Hall–Kier alpha value is -0.380. The molecule has 0 amide bonds. The first-order chi connectivity index (χ1) is 8.05. The molecule has 96 valence electrons. The number of hydrogen-bond donors (Lipinski definition) is 1. The molecule has 2 rings (SSSR count). The van der Waals surface area contributed by atoms with E-state index in [2.05, 4.69) is 49.5 Å². The minimum Gasteiger partial charge on any atom is -0.311 e.